The molecule has 2 heterocycles. The number of rotatable bonds is 6. The molecule has 1 saturated heterocycles. The monoisotopic (exact) mass is 390 g/mol. The van der Waals surface area contributed by atoms with Crippen LogP contribution in [0, 0.1) is 17.2 Å². The van der Waals surface area contributed by atoms with E-state index >= 15 is 0 Å². The fraction of sp³-hybridized carbons (Fsp3) is 0.650. The largest absolute Gasteiger partial charge is 0.466 e. The number of hydrogen-bond acceptors (Lipinski definition) is 5. The normalized spacial score (nSPS) is 21.8. The highest BCUT2D eigenvalue weighted by Crippen LogP contribution is 2.37. The Morgan fingerprint density at radius 3 is 2.74 bits per heavy atom. The number of carbonyl (C=O) groups excluding carboxylic acids is 2. The van der Waals surface area contributed by atoms with E-state index < -0.39 is 0 Å². The van der Waals surface area contributed by atoms with Gasteiger partial charge >= 0.3 is 5.97 Å². The number of fused-ring (bicyclic) bond motifs is 1. The first-order chi connectivity index (χ1) is 13.1. The van der Waals surface area contributed by atoms with E-state index in [1.807, 2.05) is 6.92 Å². The molecule has 2 aliphatic rings. The van der Waals surface area contributed by atoms with Gasteiger partial charge in [-0.25, -0.2) is 0 Å². The van der Waals surface area contributed by atoms with E-state index in [-0.39, 0.29) is 17.8 Å². The van der Waals surface area contributed by atoms with Crippen LogP contribution in [0.4, 0.5) is 5.00 Å². The third-order valence-corrected chi connectivity index (χ3v) is 6.76. The average molecular weight is 391 g/mol. The van der Waals surface area contributed by atoms with E-state index in [1.54, 1.807) is 11.3 Å². The molecular weight excluding hydrogens is 362 g/mol. The molecule has 0 bridgehead atoms. The molecule has 1 fully saturated rings. The van der Waals surface area contributed by atoms with Crippen LogP contribution < -0.4 is 10.2 Å². The summed E-state index contributed by atoms with van der Waals surface area (Å²) in [7, 11) is 0. The molecule has 1 aliphatic heterocycles. The van der Waals surface area contributed by atoms with Crippen molar-refractivity contribution in [2.45, 2.75) is 51.9 Å². The van der Waals surface area contributed by atoms with Crippen molar-refractivity contribution in [3.63, 3.8) is 0 Å². The van der Waals surface area contributed by atoms with Crippen molar-refractivity contribution in [3.8, 4) is 6.07 Å². The highest BCUT2D eigenvalue weighted by atomic mass is 32.1. The topological polar surface area (TPSA) is 83.6 Å². The number of esters is 1. The Bertz CT molecular complexity index is 730. The second-order valence-corrected chi connectivity index (χ2v) is 8.46. The van der Waals surface area contributed by atoms with E-state index in [1.165, 1.54) is 9.78 Å². The van der Waals surface area contributed by atoms with Gasteiger partial charge in [0.05, 0.1) is 44.1 Å². The molecule has 3 rings (SSSR count). The maximum Gasteiger partial charge on any atom is 0.309 e. The Morgan fingerprint density at radius 1 is 1.30 bits per heavy atom. The smallest absolute Gasteiger partial charge is 0.309 e. The zero-order valence-corrected chi connectivity index (χ0v) is 16.8. The number of thiophene rings is 1. The van der Waals surface area contributed by atoms with Gasteiger partial charge < -0.3 is 15.0 Å². The lowest BCUT2D eigenvalue weighted by molar-refractivity contribution is -0.905. The quantitative estimate of drug-likeness (QED) is 0.724. The Kier molecular flexibility index (Phi) is 6.86. The van der Waals surface area contributed by atoms with Crippen LogP contribution in [0.25, 0.3) is 0 Å². The van der Waals surface area contributed by atoms with Crippen molar-refractivity contribution >= 4 is 28.2 Å². The van der Waals surface area contributed by atoms with E-state index in [4.69, 9.17) is 4.74 Å². The number of hydrogen-bond donors (Lipinski definition) is 2. The number of likely N-dealkylation sites (tertiary alicyclic amines) is 1. The number of nitriles is 1. The van der Waals surface area contributed by atoms with Crippen molar-refractivity contribution in [2.24, 2.45) is 5.92 Å². The number of amides is 1. The molecule has 27 heavy (non-hydrogen) atoms. The van der Waals surface area contributed by atoms with Crippen molar-refractivity contribution in [1.29, 1.82) is 5.26 Å². The SMILES string of the molecule is CCOC(=O)C1CC[NH+](CCC(=O)Nc2sc3c(c2C#N)CCCC3)CC1. The van der Waals surface area contributed by atoms with Gasteiger partial charge in [0.25, 0.3) is 0 Å². The number of anilines is 1. The molecule has 6 nitrogen and oxygen atoms in total. The van der Waals surface area contributed by atoms with Gasteiger partial charge in [-0.3, -0.25) is 9.59 Å². The Hall–Kier alpha value is -1.91. The Morgan fingerprint density at radius 2 is 2.04 bits per heavy atom. The summed E-state index contributed by atoms with van der Waals surface area (Å²) in [5.74, 6) is -0.0942. The molecule has 0 saturated carbocycles. The van der Waals surface area contributed by atoms with Gasteiger partial charge in [0.2, 0.25) is 5.91 Å². The van der Waals surface area contributed by atoms with Crippen molar-refractivity contribution in [3.05, 3.63) is 16.0 Å². The summed E-state index contributed by atoms with van der Waals surface area (Å²) in [6.45, 7) is 4.82. The first-order valence-corrected chi connectivity index (χ1v) is 10.8. The fourth-order valence-electron chi connectivity index (χ4n) is 4.02. The van der Waals surface area contributed by atoms with Gasteiger partial charge in [-0.05, 0) is 38.2 Å². The fourth-order valence-corrected chi connectivity index (χ4v) is 5.28. The third-order valence-electron chi connectivity index (χ3n) is 5.55. The van der Waals surface area contributed by atoms with Gasteiger partial charge in [-0.15, -0.1) is 11.3 Å². The van der Waals surface area contributed by atoms with E-state index in [9.17, 15) is 14.9 Å². The number of ether oxygens (including phenoxy) is 1. The van der Waals surface area contributed by atoms with Crippen LogP contribution >= 0.6 is 11.3 Å². The van der Waals surface area contributed by atoms with E-state index in [2.05, 4.69) is 11.4 Å². The Labute approximate surface area is 164 Å². The highest BCUT2D eigenvalue weighted by Gasteiger charge is 2.28. The van der Waals surface area contributed by atoms with Crippen molar-refractivity contribution < 1.29 is 19.2 Å². The molecule has 1 aromatic rings. The minimum Gasteiger partial charge on any atom is -0.466 e. The molecule has 0 atom stereocenters. The van der Waals surface area contributed by atoms with Crippen LogP contribution in [-0.4, -0.2) is 38.1 Å². The van der Waals surface area contributed by atoms with Gasteiger partial charge in [0, 0.05) is 17.7 Å². The molecule has 0 unspecified atom stereocenters. The van der Waals surface area contributed by atoms with Crippen LogP contribution in [0.5, 0.6) is 0 Å². The molecule has 2 N–H and O–H groups in total. The molecule has 1 aliphatic carbocycles. The first kappa shape index (κ1) is 19.8. The molecule has 0 spiro atoms. The molecule has 1 amide bonds. The van der Waals surface area contributed by atoms with Crippen LogP contribution in [0.3, 0.4) is 0 Å². The minimum atomic E-state index is -0.0833. The second kappa shape index (κ2) is 9.34. The first-order valence-electron chi connectivity index (χ1n) is 9.97. The van der Waals surface area contributed by atoms with Gasteiger partial charge in [-0.2, -0.15) is 5.26 Å². The zero-order chi connectivity index (χ0) is 19.2. The van der Waals surface area contributed by atoms with E-state index in [0.29, 0.717) is 18.6 Å². The number of piperidine rings is 1. The molecule has 7 heteroatoms. The summed E-state index contributed by atoms with van der Waals surface area (Å²) in [6, 6.07) is 2.29. The summed E-state index contributed by atoms with van der Waals surface area (Å²) in [5, 5.41) is 13.2. The summed E-state index contributed by atoms with van der Waals surface area (Å²) in [6.07, 6.45) is 6.34. The number of nitrogens with one attached hydrogen (secondary N) is 2. The number of aryl methyl sites for hydroxylation is 1. The predicted octanol–water partition coefficient (Wildman–Crippen LogP) is 1.69. The lowest BCUT2D eigenvalue weighted by Crippen LogP contribution is -3.13. The van der Waals surface area contributed by atoms with Gasteiger partial charge in [-0.1, -0.05) is 0 Å². The molecule has 0 radical (unpaired) electrons. The van der Waals surface area contributed by atoms with E-state index in [0.717, 1.165) is 68.7 Å². The summed E-state index contributed by atoms with van der Waals surface area (Å²) in [4.78, 5) is 26.8. The van der Waals surface area contributed by atoms with Gasteiger partial charge in [0.15, 0.2) is 0 Å². The second-order valence-electron chi connectivity index (χ2n) is 7.35. The van der Waals surface area contributed by atoms with Crippen molar-refractivity contribution in [1.82, 2.24) is 0 Å². The van der Waals surface area contributed by atoms with Crippen molar-refractivity contribution in [2.75, 3.05) is 31.6 Å². The lowest BCUT2D eigenvalue weighted by atomic mass is 9.96. The average Bonchev–Trinajstić information content (AvgIpc) is 3.03. The summed E-state index contributed by atoms with van der Waals surface area (Å²) >= 11 is 1.57. The van der Waals surface area contributed by atoms with Crippen LogP contribution in [-0.2, 0) is 27.2 Å². The molecule has 1 aromatic heterocycles. The summed E-state index contributed by atoms with van der Waals surface area (Å²) < 4.78 is 5.10. The van der Waals surface area contributed by atoms with Gasteiger partial charge in [0.1, 0.15) is 11.1 Å². The molecule has 0 aromatic carbocycles. The molecular formula is C20H28N3O3S+. The maximum absolute atomic E-state index is 12.4. The Balaban J connectivity index is 1.47. The van der Waals surface area contributed by atoms with Crippen LogP contribution in [0.15, 0.2) is 0 Å². The van der Waals surface area contributed by atoms with Crippen LogP contribution in [0.2, 0.25) is 0 Å². The number of quaternary nitrogens is 1. The lowest BCUT2D eigenvalue weighted by Gasteiger charge is -2.27. The maximum atomic E-state index is 12.4. The predicted molar refractivity (Wildman–Crippen MR) is 104 cm³/mol. The number of carbonyl (C=O) groups is 2. The third kappa shape index (κ3) is 4.88. The molecule has 146 valence electrons. The number of nitrogens with zero attached hydrogens (tertiary/aromatic N) is 1. The summed E-state index contributed by atoms with van der Waals surface area (Å²) in [5.41, 5.74) is 1.82. The minimum absolute atomic E-state index is 0.0122. The van der Waals surface area contributed by atoms with Crippen LogP contribution in [0.1, 0.15) is 55.0 Å². The standard InChI is InChI=1S/C20H27N3O3S/c1-2-26-20(25)14-7-10-23(11-8-14)12-9-18(24)22-19-16(13-21)15-5-3-4-6-17(15)27-19/h14H,2-12H2,1H3,(H,22,24)/p+1. The highest BCUT2D eigenvalue weighted by molar-refractivity contribution is 7.16. The zero-order valence-electron chi connectivity index (χ0n) is 15.9.